The van der Waals surface area contributed by atoms with Crippen molar-refractivity contribution in [2.24, 2.45) is 0 Å². The Labute approximate surface area is 124 Å². The molecule has 0 aliphatic carbocycles. The molecular formula is C13H15Br2N3. The fourth-order valence-electron chi connectivity index (χ4n) is 1.89. The van der Waals surface area contributed by atoms with E-state index < -0.39 is 0 Å². The lowest BCUT2D eigenvalue weighted by Crippen LogP contribution is -2.06. The maximum absolute atomic E-state index is 4.31. The van der Waals surface area contributed by atoms with E-state index in [-0.39, 0.29) is 0 Å². The number of hydrogen-bond donors (Lipinski definition) is 0. The van der Waals surface area contributed by atoms with E-state index in [0.717, 1.165) is 21.7 Å². The van der Waals surface area contributed by atoms with E-state index in [1.54, 1.807) is 0 Å². The molecule has 5 heteroatoms. The zero-order valence-corrected chi connectivity index (χ0v) is 13.8. The summed E-state index contributed by atoms with van der Waals surface area (Å²) in [7, 11) is 0. The predicted molar refractivity (Wildman–Crippen MR) is 80.9 cm³/mol. The molecule has 0 spiro atoms. The van der Waals surface area contributed by atoms with Gasteiger partial charge in [-0.05, 0) is 32.4 Å². The topological polar surface area (TPSA) is 30.7 Å². The molecule has 1 aromatic heterocycles. The first kappa shape index (κ1) is 13.7. The minimum atomic E-state index is 0.336. The van der Waals surface area contributed by atoms with Crippen LogP contribution < -0.4 is 0 Å². The SMILES string of the molecule is Cc1ccc(-c2nnc(CBr)n2C(C)C)cc1Br. The predicted octanol–water partition coefficient (Wildman–Crippen LogP) is 4.49. The number of halogens is 2. The Morgan fingerprint density at radius 3 is 2.56 bits per heavy atom. The summed E-state index contributed by atoms with van der Waals surface area (Å²) in [6.45, 7) is 6.36. The van der Waals surface area contributed by atoms with Gasteiger partial charge >= 0.3 is 0 Å². The van der Waals surface area contributed by atoms with Gasteiger partial charge in [0, 0.05) is 16.1 Å². The highest BCUT2D eigenvalue weighted by Crippen LogP contribution is 2.27. The quantitative estimate of drug-likeness (QED) is 0.743. The van der Waals surface area contributed by atoms with Gasteiger partial charge in [-0.1, -0.05) is 44.0 Å². The molecule has 2 rings (SSSR count). The molecule has 0 N–H and O–H groups in total. The summed E-state index contributed by atoms with van der Waals surface area (Å²) in [5.41, 5.74) is 2.30. The maximum atomic E-state index is 4.31. The third-order valence-corrected chi connectivity index (χ3v) is 4.19. The van der Waals surface area contributed by atoms with Crippen LogP contribution in [0.2, 0.25) is 0 Å². The Morgan fingerprint density at radius 2 is 2.00 bits per heavy atom. The van der Waals surface area contributed by atoms with Gasteiger partial charge < -0.3 is 4.57 Å². The van der Waals surface area contributed by atoms with Gasteiger partial charge in [0.25, 0.3) is 0 Å². The first-order valence-electron chi connectivity index (χ1n) is 5.81. The molecule has 96 valence electrons. The summed E-state index contributed by atoms with van der Waals surface area (Å²) in [5.74, 6) is 1.87. The Morgan fingerprint density at radius 1 is 1.28 bits per heavy atom. The largest absolute Gasteiger partial charge is 0.308 e. The van der Waals surface area contributed by atoms with Crippen LogP contribution in [0.3, 0.4) is 0 Å². The van der Waals surface area contributed by atoms with Crippen molar-refractivity contribution in [2.75, 3.05) is 0 Å². The number of aryl methyl sites for hydroxylation is 1. The number of benzene rings is 1. The van der Waals surface area contributed by atoms with Gasteiger partial charge in [-0.2, -0.15) is 0 Å². The van der Waals surface area contributed by atoms with Gasteiger partial charge in [-0.3, -0.25) is 0 Å². The molecule has 0 saturated heterocycles. The molecule has 18 heavy (non-hydrogen) atoms. The number of hydrogen-bond acceptors (Lipinski definition) is 2. The van der Waals surface area contributed by atoms with Gasteiger partial charge in [-0.15, -0.1) is 10.2 Å². The molecule has 3 nitrogen and oxygen atoms in total. The highest BCUT2D eigenvalue weighted by molar-refractivity contribution is 9.10. The van der Waals surface area contributed by atoms with E-state index in [1.165, 1.54) is 5.56 Å². The summed E-state index contributed by atoms with van der Waals surface area (Å²) in [5, 5.41) is 9.26. The average molecular weight is 373 g/mol. The molecule has 0 saturated carbocycles. The fourth-order valence-corrected chi connectivity index (χ4v) is 2.65. The Kier molecular flexibility index (Phi) is 4.22. The van der Waals surface area contributed by atoms with Crippen LogP contribution in [0.4, 0.5) is 0 Å². The van der Waals surface area contributed by atoms with Crippen LogP contribution in [0.15, 0.2) is 22.7 Å². The molecule has 0 fully saturated rings. The first-order chi connectivity index (χ1) is 8.54. The number of rotatable bonds is 3. The van der Waals surface area contributed by atoms with E-state index in [4.69, 9.17) is 0 Å². The Hall–Kier alpha value is -0.680. The normalized spacial score (nSPS) is 11.2. The molecule has 0 amide bonds. The molecule has 1 heterocycles. The maximum Gasteiger partial charge on any atom is 0.164 e. The van der Waals surface area contributed by atoms with Crippen molar-refractivity contribution in [3.05, 3.63) is 34.1 Å². The van der Waals surface area contributed by atoms with E-state index in [9.17, 15) is 0 Å². The zero-order chi connectivity index (χ0) is 13.3. The second-order valence-corrected chi connectivity index (χ2v) is 5.92. The molecule has 0 aliphatic heterocycles. The van der Waals surface area contributed by atoms with Crippen LogP contribution in [-0.2, 0) is 5.33 Å². The summed E-state index contributed by atoms with van der Waals surface area (Å²) in [4.78, 5) is 0. The van der Waals surface area contributed by atoms with Gasteiger partial charge in [0.2, 0.25) is 0 Å². The highest BCUT2D eigenvalue weighted by atomic mass is 79.9. The van der Waals surface area contributed by atoms with Gasteiger partial charge in [0.1, 0.15) is 5.82 Å². The van der Waals surface area contributed by atoms with Crippen LogP contribution >= 0.6 is 31.9 Å². The molecule has 0 radical (unpaired) electrons. The zero-order valence-electron chi connectivity index (χ0n) is 10.6. The van der Waals surface area contributed by atoms with Gasteiger partial charge in [-0.25, -0.2) is 0 Å². The summed E-state index contributed by atoms with van der Waals surface area (Å²) >= 11 is 7.02. The Balaban J connectivity index is 2.56. The van der Waals surface area contributed by atoms with Gasteiger partial charge in [0.15, 0.2) is 5.82 Å². The van der Waals surface area contributed by atoms with Crippen molar-refractivity contribution < 1.29 is 0 Å². The third kappa shape index (κ3) is 2.52. The average Bonchev–Trinajstić information content (AvgIpc) is 2.76. The molecule has 1 aromatic carbocycles. The minimum Gasteiger partial charge on any atom is -0.308 e. The van der Waals surface area contributed by atoms with Crippen LogP contribution in [-0.4, -0.2) is 14.8 Å². The number of nitrogens with zero attached hydrogens (tertiary/aromatic N) is 3. The lowest BCUT2D eigenvalue weighted by atomic mass is 10.1. The van der Waals surface area contributed by atoms with Crippen LogP contribution in [0.25, 0.3) is 11.4 Å². The number of aromatic nitrogens is 3. The third-order valence-electron chi connectivity index (χ3n) is 2.83. The van der Waals surface area contributed by atoms with Crippen molar-refractivity contribution in [2.45, 2.75) is 32.1 Å². The fraction of sp³-hybridized carbons (Fsp3) is 0.385. The summed E-state index contributed by atoms with van der Waals surface area (Å²) < 4.78 is 3.25. The van der Waals surface area contributed by atoms with Crippen molar-refractivity contribution in [1.82, 2.24) is 14.8 Å². The standard InChI is InChI=1S/C13H15Br2N3/c1-8(2)18-12(7-14)16-17-13(18)10-5-4-9(3)11(15)6-10/h4-6,8H,7H2,1-3H3. The van der Waals surface area contributed by atoms with Crippen LogP contribution in [0.5, 0.6) is 0 Å². The molecule has 2 aromatic rings. The summed E-state index contributed by atoms with van der Waals surface area (Å²) in [6.07, 6.45) is 0. The van der Waals surface area contributed by atoms with Crippen LogP contribution in [0, 0.1) is 6.92 Å². The molecular weight excluding hydrogens is 358 g/mol. The lowest BCUT2D eigenvalue weighted by Gasteiger charge is -2.13. The first-order valence-corrected chi connectivity index (χ1v) is 7.72. The van der Waals surface area contributed by atoms with E-state index in [0.29, 0.717) is 11.4 Å². The second-order valence-electron chi connectivity index (χ2n) is 4.50. The molecule has 0 atom stereocenters. The lowest BCUT2D eigenvalue weighted by molar-refractivity contribution is 0.586. The molecule has 0 unspecified atom stereocenters. The molecule has 0 aliphatic rings. The monoisotopic (exact) mass is 371 g/mol. The van der Waals surface area contributed by atoms with E-state index >= 15 is 0 Å². The van der Waals surface area contributed by atoms with E-state index in [2.05, 4.69) is 85.6 Å². The smallest absolute Gasteiger partial charge is 0.164 e. The Bertz CT molecular complexity index is 561. The van der Waals surface area contributed by atoms with E-state index in [1.807, 2.05) is 0 Å². The minimum absolute atomic E-state index is 0.336. The number of alkyl halides is 1. The van der Waals surface area contributed by atoms with Crippen molar-refractivity contribution >= 4 is 31.9 Å². The second kappa shape index (κ2) is 5.53. The van der Waals surface area contributed by atoms with Crippen molar-refractivity contribution in [3.63, 3.8) is 0 Å². The van der Waals surface area contributed by atoms with Crippen molar-refractivity contribution in [1.29, 1.82) is 0 Å². The van der Waals surface area contributed by atoms with Crippen molar-refractivity contribution in [3.8, 4) is 11.4 Å². The highest BCUT2D eigenvalue weighted by Gasteiger charge is 2.15. The molecule has 0 bridgehead atoms. The van der Waals surface area contributed by atoms with Gasteiger partial charge in [0.05, 0.1) is 5.33 Å². The summed E-state index contributed by atoms with van der Waals surface area (Å²) in [6, 6.07) is 6.60. The van der Waals surface area contributed by atoms with Crippen LogP contribution in [0.1, 0.15) is 31.3 Å².